The van der Waals surface area contributed by atoms with E-state index in [9.17, 15) is 4.79 Å². The van der Waals surface area contributed by atoms with E-state index in [1.165, 1.54) is 10.8 Å². The summed E-state index contributed by atoms with van der Waals surface area (Å²) in [6.45, 7) is 0.411. The Morgan fingerprint density at radius 2 is 2.00 bits per heavy atom. The second-order valence-electron chi connectivity index (χ2n) is 4.28. The summed E-state index contributed by atoms with van der Waals surface area (Å²) in [5.41, 5.74) is 1.58. The van der Waals surface area contributed by atoms with E-state index in [1.54, 1.807) is 17.1 Å². The Balaban J connectivity index is 1.88. The van der Waals surface area contributed by atoms with Crippen molar-refractivity contribution < 1.29 is 0 Å². The summed E-state index contributed by atoms with van der Waals surface area (Å²) in [5, 5.41) is 4.26. The summed E-state index contributed by atoms with van der Waals surface area (Å²) in [6, 6.07) is 9.78. The fourth-order valence-electron chi connectivity index (χ4n) is 1.91. The molecule has 5 nitrogen and oxygen atoms in total. The van der Waals surface area contributed by atoms with Crippen LogP contribution < -0.4 is 5.56 Å². The molecule has 0 fully saturated rings. The van der Waals surface area contributed by atoms with Crippen LogP contribution >= 0.6 is 11.6 Å². The minimum absolute atomic E-state index is 0.0250. The predicted molar refractivity (Wildman–Crippen MR) is 76.2 cm³/mol. The maximum absolute atomic E-state index is 11.8. The molecule has 0 N–H and O–H groups in total. The SMILES string of the molecule is O=c1c(Cl)nccn1Cc1cnn(-c2ccccc2)c1. The average Bonchev–Trinajstić information content (AvgIpc) is 2.93. The Hall–Kier alpha value is -2.40. The first-order chi connectivity index (χ1) is 9.74. The Bertz CT molecular complexity index is 779. The minimum atomic E-state index is -0.304. The molecule has 3 aromatic rings. The Morgan fingerprint density at radius 1 is 1.20 bits per heavy atom. The van der Waals surface area contributed by atoms with E-state index in [1.807, 2.05) is 36.5 Å². The molecule has 0 aliphatic carbocycles. The van der Waals surface area contributed by atoms with Crippen molar-refractivity contribution in [1.82, 2.24) is 19.3 Å². The highest BCUT2D eigenvalue weighted by molar-refractivity contribution is 6.29. The molecule has 0 unspecified atom stereocenters. The highest BCUT2D eigenvalue weighted by Crippen LogP contribution is 2.08. The molecule has 0 bridgehead atoms. The number of hydrogen-bond acceptors (Lipinski definition) is 3. The van der Waals surface area contributed by atoms with Gasteiger partial charge in [-0.3, -0.25) is 4.79 Å². The van der Waals surface area contributed by atoms with Gasteiger partial charge in [0.25, 0.3) is 5.56 Å². The summed E-state index contributed by atoms with van der Waals surface area (Å²) in [4.78, 5) is 15.5. The van der Waals surface area contributed by atoms with Crippen molar-refractivity contribution in [3.05, 3.63) is 76.2 Å². The van der Waals surface area contributed by atoms with Gasteiger partial charge in [-0.05, 0) is 12.1 Å². The number of rotatable bonds is 3. The van der Waals surface area contributed by atoms with E-state index in [0.717, 1.165) is 11.3 Å². The highest BCUT2D eigenvalue weighted by Gasteiger charge is 2.05. The summed E-state index contributed by atoms with van der Waals surface area (Å²) in [7, 11) is 0. The van der Waals surface area contributed by atoms with Crippen LogP contribution in [0.3, 0.4) is 0 Å². The van der Waals surface area contributed by atoms with Gasteiger partial charge in [0.1, 0.15) is 0 Å². The standard InChI is InChI=1S/C14H11ClN4O/c15-13-14(20)18(7-6-16-13)9-11-8-17-19(10-11)12-4-2-1-3-5-12/h1-8,10H,9H2. The van der Waals surface area contributed by atoms with Crippen LogP contribution in [0.2, 0.25) is 5.15 Å². The van der Waals surface area contributed by atoms with Gasteiger partial charge in [-0.2, -0.15) is 5.10 Å². The van der Waals surface area contributed by atoms with Gasteiger partial charge in [0.2, 0.25) is 0 Å². The maximum Gasteiger partial charge on any atom is 0.288 e. The van der Waals surface area contributed by atoms with Crippen LogP contribution in [0, 0.1) is 0 Å². The van der Waals surface area contributed by atoms with Gasteiger partial charge < -0.3 is 4.57 Å². The van der Waals surface area contributed by atoms with Crippen LogP contribution in [0.1, 0.15) is 5.56 Å². The lowest BCUT2D eigenvalue weighted by Gasteiger charge is -2.03. The van der Waals surface area contributed by atoms with Gasteiger partial charge in [0.15, 0.2) is 5.15 Å². The molecule has 100 valence electrons. The first-order valence-corrected chi connectivity index (χ1v) is 6.42. The Morgan fingerprint density at radius 3 is 2.80 bits per heavy atom. The topological polar surface area (TPSA) is 52.7 Å². The summed E-state index contributed by atoms with van der Waals surface area (Å²) < 4.78 is 3.27. The van der Waals surface area contributed by atoms with E-state index < -0.39 is 0 Å². The van der Waals surface area contributed by atoms with Crippen molar-refractivity contribution >= 4 is 11.6 Å². The van der Waals surface area contributed by atoms with Crippen LogP contribution in [-0.2, 0) is 6.54 Å². The van der Waals surface area contributed by atoms with E-state index in [0.29, 0.717) is 6.54 Å². The van der Waals surface area contributed by atoms with Crippen LogP contribution in [0.5, 0.6) is 0 Å². The number of para-hydroxylation sites is 1. The maximum atomic E-state index is 11.8. The molecule has 20 heavy (non-hydrogen) atoms. The molecule has 0 saturated carbocycles. The van der Waals surface area contributed by atoms with Crippen LogP contribution in [0.25, 0.3) is 5.69 Å². The van der Waals surface area contributed by atoms with Crippen LogP contribution in [-0.4, -0.2) is 19.3 Å². The quantitative estimate of drug-likeness (QED) is 0.741. The van der Waals surface area contributed by atoms with Crippen molar-refractivity contribution in [1.29, 1.82) is 0 Å². The molecule has 0 amide bonds. The molecule has 2 heterocycles. The summed E-state index contributed by atoms with van der Waals surface area (Å²) in [5.74, 6) is 0. The van der Waals surface area contributed by atoms with Gasteiger partial charge in [0, 0.05) is 24.2 Å². The number of aromatic nitrogens is 4. The fraction of sp³-hybridized carbons (Fsp3) is 0.0714. The van der Waals surface area contributed by atoms with Crippen molar-refractivity contribution in [2.24, 2.45) is 0 Å². The molecule has 1 aromatic carbocycles. The van der Waals surface area contributed by atoms with E-state index >= 15 is 0 Å². The third kappa shape index (κ3) is 2.48. The van der Waals surface area contributed by atoms with Crippen molar-refractivity contribution in [3.63, 3.8) is 0 Å². The van der Waals surface area contributed by atoms with Gasteiger partial charge in [-0.25, -0.2) is 9.67 Å². The molecular weight excluding hydrogens is 276 g/mol. The monoisotopic (exact) mass is 286 g/mol. The highest BCUT2D eigenvalue weighted by atomic mass is 35.5. The zero-order valence-corrected chi connectivity index (χ0v) is 11.2. The third-order valence-electron chi connectivity index (χ3n) is 2.88. The molecule has 0 aliphatic heterocycles. The molecule has 0 atom stereocenters. The van der Waals surface area contributed by atoms with E-state index in [2.05, 4.69) is 10.1 Å². The lowest BCUT2D eigenvalue weighted by atomic mass is 10.3. The van der Waals surface area contributed by atoms with E-state index in [-0.39, 0.29) is 10.7 Å². The molecule has 0 saturated heterocycles. The predicted octanol–water partition coefficient (Wildman–Crippen LogP) is 2.13. The normalized spacial score (nSPS) is 10.7. The Kier molecular flexibility index (Phi) is 3.35. The van der Waals surface area contributed by atoms with E-state index in [4.69, 9.17) is 11.6 Å². The van der Waals surface area contributed by atoms with Crippen molar-refractivity contribution in [3.8, 4) is 5.69 Å². The van der Waals surface area contributed by atoms with Crippen LogP contribution in [0.4, 0.5) is 0 Å². The van der Waals surface area contributed by atoms with Gasteiger partial charge in [-0.1, -0.05) is 29.8 Å². The van der Waals surface area contributed by atoms with Gasteiger partial charge >= 0.3 is 0 Å². The lowest BCUT2D eigenvalue weighted by Crippen LogP contribution is -2.20. The molecule has 0 radical (unpaired) electrons. The molecule has 6 heteroatoms. The smallest absolute Gasteiger partial charge is 0.288 e. The zero-order valence-electron chi connectivity index (χ0n) is 10.5. The van der Waals surface area contributed by atoms with Gasteiger partial charge in [0.05, 0.1) is 18.4 Å². The van der Waals surface area contributed by atoms with Crippen molar-refractivity contribution in [2.75, 3.05) is 0 Å². The minimum Gasteiger partial charge on any atom is -0.307 e. The second kappa shape index (κ2) is 5.30. The second-order valence-corrected chi connectivity index (χ2v) is 4.64. The Labute approximate surface area is 120 Å². The third-order valence-corrected chi connectivity index (χ3v) is 3.14. The molecule has 0 spiro atoms. The first-order valence-electron chi connectivity index (χ1n) is 6.04. The lowest BCUT2D eigenvalue weighted by molar-refractivity contribution is 0.748. The zero-order chi connectivity index (χ0) is 13.9. The summed E-state index contributed by atoms with van der Waals surface area (Å²) in [6.07, 6.45) is 6.73. The number of hydrogen-bond donors (Lipinski definition) is 0. The number of nitrogens with zero attached hydrogens (tertiary/aromatic N) is 4. The number of benzene rings is 1. The fourth-order valence-corrected chi connectivity index (χ4v) is 2.07. The molecular formula is C14H11ClN4O. The first kappa shape index (κ1) is 12.6. The number of halogens is 1. The molecule has 0 aliphatic rings. The molecule has 2 aromatic heterocycles. The summed E-state index contributed by atoms with van der Waals surface area (Å²) >= 11 is 5.72. The molecule has 3 rings (SSSR count). The van der Waals surface area contributed by atoms with Crippen molar-refractivity contribution in [2.45, 2.75) is 6.54 Å². The largest absolute Gasteiger partial charge is 0.307 e. The average molecular weight is 287 g/mol. The van der Waals surface area contributed by atoms with Crippen LogP contribution in [0.15, 0.2) is 59.9 Å². The van der Waals surface area contributed by atoms with Gasteiger partial charge in [-0.15, -0.1) is 0 Å².